The molecule has 0 bridgehead atoms. The SMILES string of the molecule is CC(C)(C)OC(=O)NCC(=O)NCCCNC(=O)CCc1ccccc1. The van der Waals surface area contributed by atoms with Gasteiger partial charge in [0.25, 0.3) is 0 Å². The molecule has 144 valence electrons. The third-order valence-corrected chi connectivity index (χ3v) is 3.27. The van der Waals surface area contributed by atoms with Crippen LogP contribution < -0.4 is 16.0 Å². The molecule has 0 radical (unpaired) electrons. The van der Waals surface area contributed by atoms with Crippen LogP contribution in [0.5, 0.6) is 0 Å². The first-order valence-electron chi connectivity index (χ1n) is 8.80. The zero-order chi connectivity index (χ0) is 19.4. The molecule has 7 nitrogen and oxygen atoms in total. The Hall–Kier alpha value is -2.57. The van der Waals surface area contributed by atoms with Gasteiger partial charge in [-0.05, 0) is 39.2 Å². The zero-order valence-corrected chi connectivity index (χ0v) is 15.8. The van der Waals surface area contributed by atoms with Gasteiger partial charge in [0.15, 0.2) is 0 Å². The summed E-state index contributed by atoms with van der Waals surface area (Å²) in [6.45, 7) is 6.03. The second-order valence-corrected chi connectivity index (χ2v) is 6.89. The predicted octanol–water partition coefficient (Wildman–Crippen LogP) is 1.77. The highest BCUT2D eigenvalue weighted by Gasteiger charge is 2.16. The maximum Gasteiger partial charge on any atom is 0.408 e. The molecule has 1 rings (SSSR count). The summed E-state index contributed by atoms with van der Waals surface area (Å²) in [4.78, 5) is 34.8. The Morgan fingerprint density at radius 2 is 1.54 bits per heavy atom. The van der Waals surface area contributed by atoms with Crippen molar-refractivity contribution >= 4 is 17.9 Å². The van der Waals surface area contributed by atoms with Gasteiger partial charge in [-0.1, -0.05) is 30.3 Å². The molecule has 0 unspecified atom stereocenters. The zero-order valence-electron chi connectivity index (χ0n) is 15.8. The Morgan fingerprint density at radius 1 is 0.923 bits per heavy atom. The highest BCUT2D eigenvalue weighted by Crippen LogP contribution is 2.06. The number of ether oxygens (including phenoxy) is 1. The van der Waals surface area contributed by atoms with Crippen molar-refractivity contribution in [2.75, 3.05) is 19.6 Å². The molecule has 3 N–H and O–H groups in total. The maximum atomic E-state index is 11.7. The van der Waals surface area contributed by atoms with Gasteiger partial charge in [0, 0.05) is 19.5 Å². The largest absolute Gasteiger partial charge is 0.444 e. The van der Waals surface area contributed by atoms with E-state index >= 15 is 0 Å². The number of carbonyl (C=O) groups excluding carboxylic acids is 3. The van der Waals surface area contributed by atoms with E-state index in [0.29, 0.717) is 32.4 Å². The lowest BCUT2D eigenvalue weighted by Crippen LogP contribution is -2.40. The fourth-order valence-corrected chi connectivity index (χ4v) is 2.06. The Kier molecular flexibility index (Phi) is 9.19. The van der Waals surface area contributed by atoms with Gasteiger partial charge >= 0.3 is 6.09 Å². The van der Waals surface area contributed by atoms with E-state index in [2.05, 4.69) is 16.0 Å². The number of aryl methyl sites for hydroxylation is 1. The van der Waals surface area contributed by atoms with Gasteiger partial charge in [0.1, 0.15) is 5.60 Å². The summed E-state index contributed by atoms with van der Waals surface area (Å²) in [7, 11) is 0. The lowest BCUT2D eigenvalue weighted by Gasteiger charge is -2.19. The smallest absolute Gasteiger partial charge is 0.408 e. The molecule has 7 heteroatoms. The maximum absolute atomic E-state index is 11.7. The number of benzene rings is 1. The average Bonchev–Trinajstić information content (AvgIpc) is 2.57. The first kappa shape index (κ1) is 21.5. The summed E-state index contributed by atoms with van der Waals surface area (Å²) in [5.41, 5.74) is 0.534. The van der Waals surface area contributed by atoms with Crippen LogP contribution in [-0.4, -0.2) is 43.1 Å². The van der Waals surface area contributed by atoms with Crippen LogP contribution in [0.1, 0.15) is 39.2 Å². The highest BCUT2D eigenvalue weighted by atomic mass is 16.6. The molecule has 0 aliphatic carbocycles. The van der Waals surface area contributed by atoms with E-state index in [1.165, 1.54) is 0 Å². The van der Waals surface area contributed by atoms with Crippen LogP contribution in [-0.2, 0) is 20.7 Å². The molecular weight excluding hydrogens is 334 g/mol. The van der Waals surface area contributed by atoms with Gasteiger partial charge < -0.3 is 20.7 Å². The van der Waals surface area contributed by atoms with Gasteiger partial charge in [-0.3, -0.25) is 9.59 Å². The van der Waals surface area contributed by atoms with Crippen molar-refractivity contribution in [2.45, 2.75) is 45.6 Å². The van der Waals surface area contributed by atoms with Crippen LogP contribution in [0.25, 0.3) is 0 Å². The third-order valence-electron chi connectivity index (χ3n) is 3.27. The van der Waals surface area contributed by atoms with Crippen molar-refractivity contribution in [1.82, 2.24) is 16.0 Å². The number of hydrogen-bond acceptors (Lipinski definition) is 4. The summed E-state index contributed by atoms with van der Waals surface area (Å²) in [5.74, 6) is -0.307. The number of hydrogen-bond donors (Lipinski definition) is 3. The monoisotopic (exact) mass is 363 g/mol. The molecule has 0 saturated carbocycles. The van der Waals surface area contributed by atoms with Gasteiger partial charge in [-0.25, -0.2) is 4.79 Å². The second kappa shape index (κ2) is 11.1. The normalized spacial score (nSPS) is 10.7. The molecule has 0 saturated heterocycles. The summed E-state index contributed by atoms with van der Waals surface area (Å²) in [6.07, 6.45) is 1.14. The molecule has 0 aliphatic heterocycles. The Balaban J connectivity index is 2.03. The molecule has 0 spiro atoms. The summed E-state index contributed by atoms with van der Waals surface area (Å²) in [6, 6.07) is 9.84. The molecule has 0 fully saturated rings. The van der Waals surface area contributed by atoms with E-state index in [1.807, 2.05) is 30.3 Å². The molecule has 26 heavy (non-hydrogen) atoms. The molecular formula is C19H29N3O4. The quantitative estimate of drug-likeness (QED) is 0.583. The van der Waals surface area contributed by atoms with Crippen LogP contribution >= 0.6 is 0 Å². The minimum Gasteiger partial charge on any atom is -0.444 e. The molecule has 1 aromatic rings. The van der Waals surface area contributed by atoms with E-state index in [9.17, 15) is 14.4 Å². The first-order valence-corrected chi connectivity index (χ1v) is 8.80. The van der Waals surface area contributed by atoms with Crippen molar-refractivity contribution in [3.63, 3.8) is 0 Å². The van der Waals surface area contributed by atoms with Crippen LogP contribution in [0.4, 0.5) is 4.79 Å². The summed E-state index contributed by atoms with van der Waals surface area (Å²) >= 11 is 0. The Morgan fingerprint density at radius 3 is 2.15 bits per heavy atom. The van der Waals surface area contributed by atoms with Gasteiger partial charge in [0.05, 0.1) is 6.54 Å². The second-order valence-electron chi connectivity index (χ2n) is 6.89. The van der Waals surface area contributed by atoms with Crippen molar-refractivity contribution in [2.24, 2.45) is 0 Å². The molecule has 3 amide bonds. The highest BCUT2D eigenvalue weighted by molar-refractivity contribution is 5.82. The van der Waals surface area contributed by atoms with Crippen LogP contribution in [0.3, 0.4) is 0 Å². The lowest BCUT2D eigenvalue weighted by atomic mass is 10.1. The third kappa shape index (κ3) is 11.1. The van der Waals surface area contributed by atoms with Crippen LogP contribution in [0.2, 0.25) is 0 Å². The fraction of sp³-hybridized carbons (Fsp3) is 0.526. The standard InChI is InChI=1S/C19H29N3O4/c1-19(2,3)26-18(25)22-14-17(24)21-13-7-12-20-16(23)11-10-15-8-5-4-6-9-15/h4-6,8-9H,7,10-14H2,1-3H3,(H,20,23)(H,21,24)(H,22,25). The van der Waals surface area contributed by atoms with Gasteiger partial charge in [-0.2, -0.15) is 0 Å². The topological polar surface area (TPSA) is 96.5 Å². The average molecular weight is 363 g/mol. The van der Waals surface area contributed by atoms with E-state index in [-0.39, 0.29) is 18.4 Å². The number of amides is 3. The van der Waals surface area contributed by atoms with Gasteiger partial charge in [0.2, 0.25) is 11.8 Å². The minimum atomic E-state index is -0.627. The molecule has 0 aromatic heterocycles. The predicted molar refractivity (Wildman–Crippen MR) is 99.6 cm³/mol. The molecule has 1 aromatic carbocycles. The molecule has 0 aliphatic rings. The van der Waals surface area contributed by atoms with Crippen molar-refractivity contribution < 1.29 is 19.1 Å². The fourth-order valence-electron chi connectivity index (χ4n) is 2.06. The summed E-state index contributed by atoms with van der Waals surface area (Å²) < 4.78 is 5.03. The number of nitrogens with one attached hydrogen (secondary N) is 3. The van der Waals surface area contributed by atoms with Crippen LogP contribution in [0.15, 0.2) is 30.3 Å². The number of carbonyl (C=O) groups is 3. The number of alkyl carbamates (subject to hydrolysis) is 1. The molecule has 0 atom stereocenters. The first-order chi connectivity index (χ1) is 12.3. The summed E-state index contributed by atoms with van der Waals surface area (Å²) in [5, 5.41) is 7.88. The molecule has 0 heterocycles. The Labute approximate surface area is 154 Å². The number of rotatable bonds is 9. The Bertz CT molecular complexity index is 582. The van der Waals surface area contributed by atoms with E-state index in [1.54, 1.807) is 20.8 Å². The van der Waals surface area contributed by atoms with Crippen molar-refractivity contribution in [3.05, 3.63) is 35.9 Å². The van der Waals surface area contributed by atoms with Gasteiger partial charge in [-0.15, -0.1) is 0 Å². The van der Waals surface area contributed by atoms with E-state index < -0.39 is 11.7 Å². The van der Waals surface area contributed by atoms with E-state index in [4.69, 9.17) is 4.74 Å². The van der Waals surface area contributed by atoms with E-state index in [0.717, 1.165) is 5.56 Å². The van der Waals surface area contributed by atoms with Crippen molar-refractivity contribution in [1.29, 1.82) is 0 Å². The lowest BCUT2D eigenvalue weighted by molar-refractivity contribution is -0.121. The minimum absolute atomic E-state index is 0.00762. The van der Waals surface area contributed by atoms with Crippen LogP contribution in [0, 0.1) is 0 Å². The van der Waals surface area contributed by atoms with Crippen molar-refractivity contribution in [3.8, 4) is 0 Å².